The van der Waals surface area contributed by atoms with Crippen LogP contribution in [0.4, 0.5) is 0 Å². The molecule has 0 saturated heterocycles. The number of esters is 1. The highest BCUT2D eigenvalue weighted by Gasteiger charge is 2.00. The van der Waals surface area contributed by atoms with E-state index in [0.717, 1.165) is 51.4 Å². The van der Waals surface area contributed by atoms with E-state index in [1.807, 2.05) is 0 Å². The zero-order chi connectivity index (χ0) is 16.3. The van der Waals surface area contributed by atoms with Gasteiger partial charge < -0.3 is 9.84 Å². The molecule has 0 aromatic heterocycles. The van der Waals surface area contributed by atoms with E-state index in [9.17, 15) is 9.59 Å². The van der Waals surface area contributed by atoms with Gasteiger partial charge in [0.2, 0.25) is 0 Å². The van der Waals surface area contributed by atoms with Gasteiger partial charge in [0.25, 0.3) is 0 Å². The lowest BCUT2D eigenvalue weighted by atomic mass is 10.2. The van der Waals surface area contributed by atoms with Gasteiger partial charge >= 0.3 is 11.9 Å². The van der Waals surface area contributed by atoms with Crippen molar-refractivity contribution in [3.8, 4) is 0 Å². The van der Waals surface area contributed by atoms with Crippen molar-refractivity contribution in [3.63, 3.8) is 0 Å². The Morgan fingerprint density at radius 1 is 0.762 bits per heavy atom. The van der Waals surface area contributed by atoms with E-state index in [2.05, 4.69) is 20.8 Å². The Labute approximate surface area is 130 Å². The quantitative estimate of drug-likeness (QED) is 0.409. The van der Waals surface area contributed by atoms with Crippen LogP contribution in [0.5, 0.6) is 0 Å². The van der Waals surface area contributed by atoms with Crippen LogP contribution in [0, 0.1) is 0 Å². The summed E-state index contributed by atoms with van der Waals surface area (Å²) in [6.45, 7) is 6.94. The van der Waals surface area contributed by atoms with Gasteiger partial charge in [0, 0.05) is 12.8 Å². The third kappa shape index (κ3) is 24.4. The molecule has 0 amide bonds. The fourth-order valence-electron chi connectivity index (χ4n) is 1.66. The molecule has 0 fully saturated rings. The number of ether oxygens (including phenoxy) is 1. The molecular weight excluding hydrogens is 268 g/mol. The highest BCUT2D eigenvalue weighted by molar-refractivity contribution is 5.69. The van der Waals surface area contributed by atoms with E-state index in [4.69, 9.17) is 9.84 Å². The summed E-state index contributed by atoms with van der Waals surface area (Å²) in [7, 11) is 0. The normalized spacial score (nSPS) is 9.67. The lowest BCUT2D eigenvalue weighted by Crippen LogP contribution is -2.05. The number of aliphatic carboxylic acids is 1. The highest BCUT2D eigenvalue weighted by atomic mass is 16.5. The van der Waals surface area contributed by atoms with Crippen LogP contribution in [-0.4, -0.2) is 23.7 Å². The molecule has 0 rings (SSSR count). The summed E-state index contributed by atoms with van der Waals surface area (Å²) in [5.41, 5.74) is 0. The van der Waals surface area contributed by atoms with Crippen molar-refractivity contribution < 1.29 is 19.4 Å². The second-order valence-corrected chi connectivity index (χ2v) is 5.24. The molecule has 0 aromatic carbocycles. The van der Waals surface area contributed by atoms with Gasteiger partial charge in [-0.2, -0.15) is 0 Å². The summed E-state index contributed by atoms with van der Waals surface area (Å²) in [5, 5.41) is 8.14. The van der Waals surface area contributed by atoms with Crippen molar-refractivity contribution in [2.75, 3.05) is 6.61 Å². The largest absolute Gasteiger partial charge is 0.481 e. The molecule has 0 radical (unpaired) electrons. The van der Waals surface area contributed by atoms with E-state index in [1.54, 1.807) is 0 Å². The highest BCUT2D eigenvalue weighted by Crippen LogP contribution is 2.01. The van der Waals surface area contributed by atoms with Gasteiger partial charge in [-0.15, -0.1) is 0 Å². The maximum atomic E-state index is 11.1. The summed E-state index contributed by atoms with van der Waals surface area (Å²) in [4.78, 5) is 20.9. The summed E-state index contributed by atoms with van der Waals surface area (Å²) in [6.07, 6.45) is 10.5. The van der Waals surface area contributed by atoms with Crippen molar-refractivity contribution in [2.24, 2.45) is 0 Å². The number of unbranched alkanes of at least 4 members (excludes halogenated alkanes) is 6. The molecule has 21 heavy (non-hydrogen) atoms. The molecule has 0 aliphatic rings. The third-order valence-electron chi connectivity index (χ3n) is 2.99. The minimum atomic E-state index is -0.682. The molecule has 0 saturated carbocycles. The molecule has 0 spiro atoms. The fourth-order valence-corrected chi connectivity index (χ4v) is 1.66. The van der Waals surface area contributed by atoms with Crippen LogP contribution in [0.3, 0.4) is 0 Å². The lowest BCUT2D eigenvalue weighted by molar-refractivity contribution is -0.144. The smallest absolute Gasteiger partial charge is 0.305 e. The van der Waals surface area contributed by atoms with Crippen LogP contribution < -0.4 is 0 Å². The summed E-state index contributed by atoms with van der Waals surface area (Å²) in [6, 6.07) is 0. The predicted molar refractivity (Wildman–Crippen MR) is 86.4 cm³/mol. The lowest BCUT2D eigenvalue weighted by Gasteiger charge is -2.03. The Morgan fingerprint density at radius 3 is 1.71 bits per heavy atom. The topological polar surface area (TPSA) is 63.6 Å². The molecule has 0 atom stereocenters. The Balaban J connectivity index is 0. The maximum Gasteiger partial charge on any atom is 0.305 e. The van der Waals surface area contributed by atoms with Gasteiger partial charge in [-0.05, 0) is 19.3 Å². The van der Waals surface area contributed by atoms with Crippen LogP contribution in [0.2, 0.25) is 0 Å². The molecular formula is C17H34O4. The average Bonchev–Trinajstić information content (AvgIpc) is 2.45. The van der Waals surface area contributed by atoms with Gasteiger partial charge in [-0.1, -0.05) is 59.3 Å². The van der Waals surface area contributed by atoms with Crippen molar-refractivity contribution in [1.29, 1.82) is 0 Å². The van der Waals surface area contributed by atoms with Crippen molar-refractivity contribution in [1.82, 2.24) is 0 Å². The number of carbonyl (C=O) groups is 2. The van der Waals surface area contributed by atoms with Crippen molar-refractivity contribution in [3.05, 3.63) is 0 Å². The monoisotopic (exact) mass is 302 g/mol. The molecule has 0 aliphatic heterocycles. The minimum Gasteiger partial charge on any atom is -0.481 e. The molecule has 0 heterocycles. The molecule has 0 unspecified atom stereocenters. The average molecular weight is 302 g/mol. The third-order valence-corrected chi connectivity index (χ3v) is 2.99. The second-order valence-electron chi connectivity index (χ2n) is 5.24. The second kappa shape index (κ2) is 18.9. The summed E-state index contributed by atoms with van der Waals surface area (Å²) < 4.78 is 5.05. The van der Waals surface area contributed by atoms with E-state index >= 15 is 0 Å². The van der Waals surface area contributed by atoms with Gasteiger partial charge in [0.05, 0.1) is 6.61 Å². The minimum absolute atomic E-state index is 0.0236. The first-order valence-electron chi connectivity index (χ1n) is 8.45. The van der Waals surface area contributed by atoms with Crippen LogP contribution in [0.1, 0.15) is 91.4 Å². The number of carboxylic acids is 1. The Morgan fingerprint density at radius 2 is 1.24 bits per heavy atom. The molecule has 1 N–H and O–H groups in total. The number of hydrogen-bond donors (Lipinski definition) is 1. The molecule has 4 nitrogen and oxygen atoms in total. The predicted octanol–water partition coefficient (Wildman–Crippen LogP) is 4.95. The van der Waals surface area contributed by atoms with E-state index < -0.39 is 5.97 Å². The Kier molecular flexibility index (Phi) is 20.0. The standard InChI is InChI=1S/C11H22O2.C6H12O2/c1-3-5-7-9-11(12)13-10-8-6-4-2;1-2-3-4-5-6(7)8/h3-10H2,1-2H3;2-5H2,1H3,(H,7,8). The van der Waals surface area contributed by atoms with Gasteiger partial charge in [0.1, 0.15) is 0 Å². The Bertz CT molecular complexity index is 239. The SMILES string of the molecule is CCCCCC(=O)O.CCCCCOC(=O)CCCCC. The maximum absolute atomic E-state index is 11.1. The van der Waals surface area contributed by atoms with E-state index in [-0.39, 0.29) is 5.97 Å². The zero-order valence-corrected chi connectivity index (χ0v) is 14.2. The molecule has 0 aromatic rings. The van der Waals surface area contributed by atoms with Crippen LogP contribution >= 0.6 is 0 Å². The van der Waals surface area contributed by atoms with E-state index in [1.165, 1.54) is 6.42 Å². The first kappa shape index (κ1) is 22.2. The first-order chi connectivity index (χ1) is 10.1. The number of carboxylic acid groups (broad SMARTS) is 1. The van der Waals surface area contributed by atoms with E-state index in [0.29, 0.717) is 19.4 Å². The number of hydrogen-bond acceptors (Lipinski definition) is 3. The summed E-state index contributed by atoms with van der Waals surface area (Å²) in [5.74, 6) is -0.706. The molecule has 0 aliphatic carbocycles. The van der Waals surface area contributed by atoms with Crippen molar-refractivity contribution >= 4 is 11.9 Å². The molecule has 126 valence electrons. The molecule has 0 bridgehead atoms. The van der Waals surface area contributed by atoms with Crippen LogP contribution in [0.15, 0.2) is 0 Å². The Hall–Kier alpha value is -1.06. The van der Waals surface area contributed by atoms with Crippen molar-refractivity contribution in [2.45, 2.75) is 91.4 Å². The van der Waals surface area contributed by atoms with Crippen LogP contribution in [0.25, 0.3) is 0 Å². The fraction of sp³-hybridized carbons (Fsp3) is 0.882. The van der Waals surface area contributed by atoms with Crippen LogP contribution in [-0.2, 0) is 14.3 Å². The number of carbonyl (C=O) groups excluding carboxylic acids is 1. The molecule has 4 heteroatoms. The van der Waals surface area contributed by atoms with Gasteiger partial charge in [-0.25, -0.2) is 0 Å². The summed E-state index contributed by atoms with van der Waals surface area (Å²) >= 11 is 0. The zero-order valence-electron chi connectivity index (χ0n) is 14.2. The number of rotatable bonds is 12. The van der Waals surface area contributed by atoms with Gasteiger partial charge in [-0.3, -0.25) is 9.59 Å². The first-order valence-corrected chi connectivity index (χ1v) is 8.45. The van der Waals surface area contributed by atoms with Gasteiger partial charge in [0.15, 0.2) is 0 Å².